The predicted octanol–water partition coefficient (Wildman–Crippen LogP) is 17.1. The summed E-state index contributed by atoms with van der Waals surface area (Å²) >= 11 is 1.87. The van der Waals surface area contributed by atoms with Gasteiger partial charge in [-0.3, -0.25) is 0 Å². The van der Waals surface area contributed by atoms with Crippen LogP contribution >= 0.6 is 11.3 Å². The number of thiophene rings is 1. The number of para-hydroxylation sites is 1. The summed E-state index contributed by atoms with van der Waals surface area (Å²) in [6.07, 6.45) is 0. The molecule has 12 aromatic rings. The molecule has 10 aromatic carbocycles. The number of hydrogen-bond donors (Lipinski definition) is 0. The van der Waals surface area contributed by atoms with Gasteiger partial charge in [-0.2, -0.15) is 0 Å². The van der Waals surface area contributed by atoms with Gasteiger partial charge in [0, 0.05) is 48.0 Å². The molecule has 64 heavy (non-hydrogen) atoms. The zero-order chi connectivity index (χ0) is 42.2. The van der Waals surface area contributed by atoms with Crippen LogP contribution in [0.5, 0.6) is 0 Å². The van der Waals surface area contributed by atoms with Crippen molar-refractivity contribution in [3.05, 3.63) is 259 Å². The summed E-state index contributed by atoms with van der Waals surface area (Å²) < 4.78 is 8.93. The second kappa shape index (κ2) is 14.6. The molecule has 0 fully saturated rings. The Morgan fingerprint density at radius 3 is 1.78 bits per heavy atom. The maximum absolute atomic E-state index is 6.31. The fourth-order valence-electron chi connectivity index (χ4n) is 10.5. The van der Waals surface area contributed by atoms with Crippen LogP contribution in [0.2, 0.25) is 0 Å². The average Bonchev–Trinajstić information content (AvgIpc) is 4.03. The van der Waals surface area contributed by atoms with Gasteiger partial charge >= 0.3 is 0 Å². The van der Waals surface area contributed by atoms with Crippen LogP contribution in [0.25, 0.3) is 75.5 Å². The first-order valence-electron chi connectivity index (χ1n) is 21.9. The van der Waals surface area contributed by atoms with Crippen molar-refractivity contribution in [2.45, 2.75) is 5.41 Å². The minimum Gasteiger partial charge on any atom is -0.456 e. The summed E-state index contributed by atoms with van der Waals surface area (Å²) in [5, 5.41) is 4.88. The lowest BCUT2D eigenvalue weighted by Gasteiger charge is -2.34. The van der Waals surface area contributed by atoms with Crippen molar-refractivity contribution in [2.24, 2.45) is 0 Å². The van der Waals surface area contributed by atoms with Gasteiger partial charge in [-0.25, -0.2) is 0 Å². The van der Waals surface area contributed by atoms with Crippen LogP contribution in [0, 0.1) is 0 Å². The molecular weight excluding hydrogens is 795 g/mol. The van der Waals surface area contributed by atoms with Gasteiger partial charge in [0.2, 0.25) is 0 Å². The van der Waals surface area contributed by atoms with Crippen LogP contribution in [0.1, 0.15) is 22.3 Å². The van der Waals surface area contributed by atoms with Crippen molar-refractivity contribution >= 4 is 70.5 Å². The number of nitrogens with zero attached hydrogens (tertiary/aromatic N) is 1. The van der Waals surface area contributed by atoms with E-state index in [1.54, 1.807) is 0 Å². The van der Waals surface area contributed by atoms with E-state index in [1.807, 2.05) is 23.5 Å². The van der Waals surface area contributed by atoms with Gasteiger partial charge in [0.15, 0.2) is 0 Å². The molecule has 13 rings (SSSR count). The van der Waals surface area contributed by atoms with E-state index in [1.165, 1.54) is 64.7 Å². The zero-order valence-corrected chi connectivity index (χ0v) is 35.6. The van der Waals surface area contributed by atoms with Gasteiger partial charge in [-0.05, 0) is 116 Å². The third-order valence-electron chi connectivity index (χ3n) is 13.4. The van der Waals surface area contributed by atoms with Crippen LogP contribution in [0.3, 0.4) is 0 Å². The molecule has 1 aliphatic rings. The molecule has 0 saturated carbocycles. The molecule has 0 amide bonds. The largest absolute Gasteiger partial charge is 0.456 e. The van der Waals surface area contributed by atoms with Crippen LogP contribution in [0.15, 0.2) is 241 Å². The maximum Gasteiger partial charge on any atom is 0.136 e. The molecule has 2 aromatic heterocycles. The summed E-state index contributed by atoms with van der Waals surface area (Å²) in [4.78, 5) is 2.43. The second-order valence-electron chi connectivity index (χ2n) is 16.8. The summed E-state index contributed by atoms with van der Waals surface area (Å²) in [5.74, 6) is 0. The molecule has 0 bridgehead atoms. The number of fused-ring (bicyclic) bond motifs is 9. The topological polar surface area (TPSA) is 16.4 Å². The molecular formula is C61H39NOS. The Morgan fingerprint density at radius 1 is 0.344 bits per heavy atom. The number of benzene rings is 10. The molecule has 0 atom stereocenters. The molecule has 0 aliphatic heterocycles. The van der Waals surface area contributed by atoms with Crippen molar-refractivity contribution in [3.8, 4) is 33.4 Å². The molecule has 3 heteroatoms. The Bertz CT molecular complexity index is 3690. The highest BCUT2D eigenvalue weighted by atomic mass is 32.1. The highest BCUT2D eigenvalue weighted by molar-refractivity contribution is 7.26. The van der Waals surface area contributed by atoms with E-state index in [9.17, 15) is 0 Å². The Balaban J connectivity index is 0.991. The normalized spacial score (nSPS) is 12.8. The lowest BCUT2D eigenvalue weighted by molar-refractivity contribution is 0.669. The first-order valence-corrected chi connectivity index (χ1v) is 22.7. The molecule has 0 unspecified atom stereocenters. The van der Waals surface area contributed by atoms with Crippen LogP contribution in [0.4, 0.5) is 17.1 Å². The predicted molar refractivity (Wildman–Crippen MR) is 269 cm³/mol. The number of anilines is 3. The maximum atomic E-state index is 6.31. The molecule has 0 N–H and O–H groups in total. The molecule has 300 valence electrons. The van der Waals surface area contributed by atoms with Gasteiger partial charge in [-0.15, -0.1) is 11.3 Å². The standard InChI is InChI=1S/C61H39NOS/c1-3-16-43(17-4-1)61(44-18-5-2-6-19-44)55-26-10-7-21-49(55)54-39-47(34-36-56(54)61)62(45-32-29-40(30-33-45)41-31-35-51-50-22-8-11-27-57(50)63-58(51)38-41)46-20-13-15-42(37-46)48-24-14-25-53-52-23-9-12-28-59(52)64-60(48)53/h1-39H. The Kier molecular flexibility index (Phi) is 8.34. The summed E-state index contributed by atoms with van der Waals surface area (Å²) in [5.41, 5.74) is 16.9. The second-order valence-corrected chi connectivity index (χ2v) is 17.8. The van der Waals surface area contributed by atoms with Gasteiger partial charge < -0.3 is 9.32 Å². The average molecular weight is 834 g/mol. The van der Waals surface area contributed by atoms with Gasteiger partial charge in [0.05, 0.1) is 5.41 Å². The Labute approximate surface area is 375 Å². The molecule has 2 heterocycles. The quantitative estimate of drug-likeness (QED) is 0.159. The van der Waals surface area contributed by atoms with Crippen LogP contribution in [-0.2, 0) is 5.41 Å². The first kappa shape index (κ1) is 36.7. The van der Waals surface area contributed by atoms with E-state index in [0.717, 1.165) is 50.1 Å². The molecule has 2 nitrogen and oxygen atoms in total. The lowest BCUT2D eigenvalue weighted by Crippen LogP contribution is -2.28. The van der Waals surface area contributed by atoms with Crippen molar-refractivity contribution in [2.75, 3.05) is 4.90 Å². The highest BCUT2D eigenvalue weighted by Gasteiger charge is 2.46. The number of furan rings is 1. The smallest absolute Gasteiger partial charge is 0.136 e. The van der Waals surface area contributed by atoms with Crippen molar-refractivity contribution < 1.29 is 4.42 Å². The van der Waals surface area contributed by atoms with E-state index in [4.69, 9.17) is 4.42 Å². The van der Waals surface area contributed by atoms with Crippen LogP contribution in [-0.4, -0.2) is 0 Å². The van der Waals surface area contributed by atoms with Gasteiger partial charge in [-0.1, -0.05) is 176 Å². The number of rotatable bonds is 7. The molecule has 0 spiro atoms. The molecule has 0 radical (unpaired) electrons. The van der Waals surface area contributed by atoms with E-state index in [2.05, 4.69) is 229 Å². The monoisotopic (exact) mass is 833 g/mol. The van der Waals surface area contributed by atoms with Crippen molar-refractivity contribution in [1.82, 2.24) is 0 Å². The zero-order valence-electron chi connectivity index (χ0n) is 34.8. The van der Waals surface area contributed by atoms with E-state index in [-0.39, 0.29) is 0 Å². The van der Waals surface area contributed by atoms with Gasteiger partial charge in [0.1, 0.15) is 11.2 Å². The van der Waals surface area contributed by atoms with E-state index >= 15 is 0 Å². The van der Waals surface area contributed by atoms with Crippen molar-refractivity contribution in [1.29, 1.82) is 0 Å². The lowest BCUT2D eigenvalue weighted by atomic mass is 9.68. The fraction of sp³-hybridized carbons (Fsp3) is 0.0164. The minimum atomic E-state index is -0.469. The van der Waals surface area contributed by atoms with Gasteiger partial charge in [0.25, 0.3) is 0 Å². The van der Waals surface area contributed by atoms with E-state index in [0.29, 0.717) is 0 Å². The third kappa shape index (κ3) is 5.58. The first-order chi connectivity index (χ1) is 31.7. The SMILES string of the molecule is c1ccc(C2(c3ccccc3)c3ccccc3-c3cc(N(c4ccc(-c5ccc6c(c5)oc5ccccc56)cc4)c4cccc(-c5cccc6c5sc5ccccc56)c4)ccc32)cc1. The summed E-state index contributed by atoms with van der Waals surface area (Å²) in [6, 6.07) is 86.6. The van der Waals surface area contributed by atoms with E-state index < -0.39 is 5.41 Å². The summed E-state index contributed by atoms with van der Waals surface area (Å²) in [7, 11) is 0. The minimum absolute atomic E-state index is 0.469. The van der Waals surface area contributed by atoms with Crippen LogP contribution < -0.4 is 4.90 Å². The number of hydrogen-bond acceptors (Lipinski definition) is 3. The Hall–Kier alpha value is -7.98. The Morgan fingerprint density at radius 2 is 0.953 bits per heavy atom. The third-order valence-corrected chi connectivity index (χ3v) is 14.6. The van der Waals surface area contributed by atoms with Crippen molar-refractivity contribution in [3.63, 3.8) is 0 Å². The fourth-order valence-corrected chi connectivity index (χ4v) is 11.8. The molecule has 0 saturated heterocycles. The molecule has 1 aliphatic carbocycles. The highest BCUT2D eigenvalue weighted by Crippen LogP contribution is 2.57. The summed E-state index contributed by atoms with van der Waals surface area (Å²) in [6.45, 7) is 0.